The van der Waals surface area contributed by atoms with Gasteiger partial charge in [0, 0.05) is 43.0 Å². The lowest BCUT2D eigenvalue weighted by Gasteiger charge is -2.38. The predicted octanol–water partition coefficient (Wildman–Crippen LogP) is 2.03. The lowest BCUT2D eigenvalue weighted by molar-refractivity contribution is -0.116. The van der Waals surface area contributed by atoms with E-state index in [2.05, 4.69) is 15.2 Å². The second-order valence-electron chi connectivity index (χ2n) is 7.93. The van der Waals surface area contributed by atoms with Crippen molar-refractivity contribution in [3.05, 3.63) is 45.8 Å². The monoisotopic (exact) mass is 429 g/mol. The highest BCUT2D eigenvalue weighted by Gasteiger charge is 2.30. The Hall–Kier alpha value is -2.52. The van der Waals surface area contributed by atoms with Gasteiger partial charge in [0.2, 0.25) is 5.91 Å². The number of piperidine rings is 1. The van der Waals surface area contributed by atoms with E-state index in [-0.39, 0.29) is 30.0 Å². The molecule has 2 aromatic rings. The van der Waals surface area contributed by atoms with Crippen LogP contribution in [-0.2, 0) is 11.3 Å². The van der Waals surface area contributed by atoms with E-state index in [1.54, 1.807) is 17.6 Å². The van der Waals surface area contributed by atoms with Gasteiger partial charge in [0.05, 0.1) is 5.56 Å². The topological polar surface area (TPSA) is 87.5 Å². The summed E-state index contributed by atoms with van der Waals surface area (Å²) in [6, 6.07) is 3.14. The highest BCUT2D eigenvalue weighted by Crippen LogP contribution is 2.22. The summed E-state index contributed by atoms with van der Waals surface area (Å²) >= 11 is 1.31. The van der Waals surface area contributed by atoms with Crippen LogP contribution in [0.4, 0.5) is 5.13 Å². The average Bonchev–Trinajstić information content (AvgIpc) is 3.44. The summed E-state index contributed by atoms with van der Waals surface area (Å²) in [5, 5.41) is 4.91. The maximum Gasteiger partial charge on any atom is 0.255 e. The summed E-state index contributed by atoms with van der Waals surface area (Å²) in [5.74, 6) is -0.408. The third kappa shape index (κ3) is 4.96. The Bertz CT molecular complexity index is 936. The van der Waals surface area contributed by atoms with E-state index in [0.29, 0.717) is 10.7 Å². The van der Waals surface area contributed by atoms with Crippen LogP contribution >= 0.6 is 11.3 Å². The van der Waals surface area contributed by atoms with E-state index >= 15 is 0 Å². The minimum absolute atomic E-state index is 0.0621. The molecule has 2 aromatic heterocycles. The Kier molecular flexibility index (Phi) is 6.59. The largest absolute Gasteiger partial charge is 0.334 e. The standard InChI is InChI=1S/C21H27N5O3S/c27-18(23-21-22-8-12-30-21)15-25-13-16(6-7-19(25)28)20(29)26-11-2-1-5-17(26)14-24-9-3-4-10-24/h6-8,12-13,17H,1-5,9-11,14-15H2,(H,22,23,27)/t17-/m0/s1. The molecule has 2 aliphatic heterocycles. The number of likely N-dealkylation sites (tertiary alicyclic amines) is 2. The molecule has 0 bridgehead atoms. The SMILES string of the molecule is O=C(Cn1cc(C(=O)N2CCCC[C@H]2CN2CCCC2)ccc1=O)Nc1nccs1. The number of hydrogen-bond donors (Lipinski definition) is 1. The minimum Gasteiger partial charge on any atom is -0.334 e. The van der Waals surface area contributed by atoms with Crippen molar-refractivity contribution < 1.29 is 9.59 Å². The van der Waals surface area contributed by atoms with Gasteiger partial charge in [-0.05, 0) is 51.3 Å². The third-order valence-corrected chi connectivity index (χ3v) is 6.47. The summed E-state index contributed by atoms with van der Waals surface area (Å²) < 4.78 is 1.29. The number of carbonyl (C=O) groups excluding carboxylic acids is 2. The molecule has 4 heterocycles. The number of aromatic nitrogens is 2. The van der Waals surface area contributed by atoms with E-state index in [0.717, 1.165) is 45.4 Å². The van der Waals surface area contributed by atoms with Crippen molar-refractivity contribution in [2.45, 2.75) is 44.7 Å². The highest BCUT2D eigenvalue weighted by molar-refractivity contribution is 7.13. The summed E-state index contributed by atoms with van der Waals surface area (Å²) in [6.07, 6.45) is 8.72. The van der Waals surface area contributed by atoms with E-state index in [4.69, 9.17) is 0 Å². The normalized spacial score (nSPS) is 19.7. The fraction of sp³-hybridized carbons (Fsp3) is 0.524. The molecule has 0 radical (unpaired) electrons. The van der Waals surface area contributed by atoms with Crippen molar-refractivity contribution >= 4 is 28.3 Å². The lowest BCUT2D eigenvalue weighted by Crippen LogP contribution is -2.49. The molecule has 30 heavy (non-hydrogen) atoms. The van der Waals surface area contributed by atoms with Crippen molar-refractivity contribution in [2.24, 2.45) is 0 Å². The number of carbonyl (C=O) groups is 2. The lowest BCUT2D eigenvalue weighted by atomic mass is 10.0. The summed E-state index contributed by atoms with van der Waals surface area (Å²) in [7, 11) is 0. The maximum absolute atomic E-state index is 13.3. The highest BCUT2D eigenvalue weighted by atomic mass is 32.1. The van der Waals surface area contributed by atoms with Gasteiger partial charge in [-0.15, -0.1) is 11.3 Å². The van der Waals surface area contributed by atoms with E-state index in [1.807, 2.05) is 4.90 Å². The molecule has 2 saturated heterocycles. The molecule has 2 amide bonds. The summed E-state index contributed by atoms with van der Waals surface area (Å²) in [6.45, 7) is 3.72. The second-order valence-corrected chi connectivity index (χ2v) is 8.82. The number of nitrogens with zero attached hydrogens (tertiary/aromatic N) is 4. The molecule has 1 atom stereocenters. The van der Waals surface area contributed by atoms with Gasteiger partial charge in [-0.2, -0.15) is 0 Å². The maximum atomic E-state index is 13.3. The fourth-order valence-electron chi connectivity index (χ4n) is 4.27. The van der Waals surface area contributed by atoms with Crippen LogP contribution in [-0.4, -0.2) is 63.4 Å². The minimum atomic E-state index is -0.346. The molecule has 0 saturated carbocycles. The molecule has 0 unspecified atom stereocenters. The molecule has 0 aromatic carbocycles. The van der Waals surface area contributed by atoms with Crippen LogP contribution in [0.3, 0.4) is 0 Å². The number of anilines is 1. The quantitative estimate of drug-likeness (QED) is 0.759. The number of rotatable bonds is 6. The Morgan fingerprint density at radius 3 is 2.70 bits per heavy atom. The summed E-state index contributed by atoms with van der Waals surface area (Å²) in [4.78, 5) is 46.2. The predicted molar refractivity (Wildman–Crippen MR) is 116 cm³/mol. The zero-order valence-corrected chi connectivity index (χ0v) is 17.8. The van der Waals surface area contributed by atoms with Crippen molar-refractivity contribution in [1.82, 2.24) is 19.4 Å². The van der Waals surface area contributed by atoms with Crippen LogP contribution in [0.5, 0.6) is 0 Å². The van der Waals surface area contributed by atoms with Crippen LogP contribution in [0.15, 0.2) is 34.7 Å². The molecule has 1 N–H and O–H groups in total. The number of amides is 2. The zero-order valence-electron chi connectivity index (χ0n) is 17.0. The van der Waals surface area contributed by atoms with Crippen molar-refractivity contribution in [2.75, 3.05) is 31.5 Å². The average molecular weight is 430 g/mol. The first-order chi connectivity index (χ1) is 14.6. The van der Waals surface area contributed by atoms with Crippen LogP contribution in [0.25, 0.3) is 0 Å². The first kappa shape index (κ1) is 20.7. The van der Waals surface area contributed by atoms with Crippen molar-refractivity contribution in [1.29, 1.82) is 0 Å². The van der Waals surface area contributed by atoms with Gasteiger partial charge < -0.3 is 19.7 Å². The first-order valence-electron chi connectivity index (χ1n) is 10.5. The van der Waals surface area contributed by atoms with Gasteiger partial charge in [-0.25, -0.2) is 4.98 Å². The second kappa shape index (κ2) is 9.53. The first-order valence-corrected chi connectivity index (χ1v) is 11.4. The van der Waals surface area contributed by atoms with Gasteiger partial charge in [-0.1, -0.05) is 0 Å². The van der Waals surface area contributed by atoms with Crippen molar-refractivity contribution in [3.63, 3.8) is 0 Å². The Morgan fingerprint density at radius 2 is 1.93 bits per heavy atom. The van der Waals surface area contributed by atoms with Crippen molar-refractivity contribution in [3.8, 4) is 0 Å². The Balaban J connectivity index is 1.46. The molecule has 2 aliphatic rings. The van der Waals surface area contributed by atoms with Crippen LogP contribution < -0.4 is 10.9 Å². The van der Waals surface area contributed by atoms with Crippen LogP contribution in [0.2, 0.25) is 0 Å². The smallest absolute Gasteiger partial charge is 0.255 e. The van der Waals surface area contributed by atoms with Crippen LogP contribution in [0, 0.1) is 0 Å². The molecule has 4 rings (SSSR count). The van der Waals surface area contributed by atoms with Crippen LogP contribution in [0.1, 0.15) is 42.5 Å². The van der Waals surface area contributed by atoms with Gasteiger partial charge >= 0.3 is 0 Å². The molecule has 0 spiro atoms. The fourth-order valence-corrected chi connectivity index (χ4v) is 4.81. The molecule has 9 heteroatoms. The van der Waals surface area contributed by atoms with E-state index in [1.165, 1.54) is 41.0 Å². The molecule has 0 aliphatic carbocycles. The van der Waals surface area contributed by atoms with E-state index in [9.17, 15) is 14.4 Å². The molecule has 160 valence electrons. The number of thiazole rings is 1. The third-order valence-electron chi connectivity index (χ3n) is 5.78. The number of pyridine rings is 1. The zero-order chi connectivity index (χ0) is 20.9. The van der Waals surface area contributed by atoms with Gasteiger partial charge in [-0.3, -0.25) is 14.4 Å². The molecule has 8 nitrogen and oxygen atoms in total. The van der Waals surface area contributed by atoms with Gasteiger partial charge in [0.25, 0.3) is 11.5 Å². The molecule has 2 fully saturated rings. The van der Waals surface area contributed by atoms with Gasteiger partial charge in [0.1, 0.15) is 6.54 Å². The van der Waals surface area contributed by atoms with E-state index < -0.39 is 0 Å². The molecular weight excluding hydrogens is 402 g/mol. The molecular formula is C21H27N5O3S. The number of hydrogen-bond acceptors (Lipinski definition) is 6. The Morgan fingerprint density at radius 1 is 1.13 bits per heavy atom. The van der Waals surface area contributed by atoms with Gasteiger partial charge in [0.15, 0.2) is 5.13 Å². The summed E-state index contributed by atoms with van der Waals surface area (Å²) in [5.41, 5.74) is 0.137. The number of nitrogens with one attached hydrogen (secondary N) is 1. The Labute approximate surface area is 179 Å².